The number of rotatable bonds is 8. The third-order valence-corrected chi connectivity index (χ3v) is 6.69. The van der Waals surface area contributed by atoms with Gasteiger partial charge in [0.1, 0.15) is 24.2 Å². The Kier molecular flexibility index (Phi) is 6.72. The zero-order valence-corrected chi connectivity index (χ0v) is 19.3. The second-order valence-corrected chi connectivity index (χ2v) is 9.00. The fourth-order valence-corrected chi connectivity index (χ4v) is 4.85. The third-order valence-electron chi connectivity index (χ3n) is 6.69. The molecule has 2 bridgehead atoms. The predicted molar refractivity (Wildman–Crippen MR) is 127 cm³/mol. The quantitative estimate of drug-likeness (QED) is 0.495. The Morgan fingerprint density at radius 2 is 1.80 bits per heavy atom. The number of alkyl carbamates (subject to hydrolysis) is 1. The first-order valence-electron chi connectivity index (χ1n) is 11.8. The second kappa shape index (κ2) is 10.2. The van der Waals surface area contributed by atoms with E-state index in [0.717, 1.165) is 43.6 Å². The van der Waals surface area contributed by atoms with Crippen LogP contribution in [0.25, 0.3) is 0 Å². The number of nitrogens with zero attached hydrogens (tertiary/aromatic N) is 1. The smallest absolute Gasteiger partial charge is 0.408 e. The number of carboxylic acid groups (broad SMARTS) is 1. The molecule has 3 aliphatic heterocycles. The largest absolute Gasteiger partial charge is 0.486 e. The number of carbonyl (C=O) groups is 2. The molecule has 8 nitrogen and oxygen atoms in total. The van der Waals surface area contributed by atoms with E-state index in [1.54, 1.807) is 12.1 Å². The van der Waals surface area contributed by atoms with Crippen molar-refractivity contribution in [3.05, 3.63) is 89.4 Å². The molecule has 4 heterocycles. The third kappa shape index (κ3) is 5.49. The zero-order chi connectivity index (χ0) is 24.2. The van der Waals surface area contributed by atoms with Gasteiger partial charge in [0, 0.05) is 6.54 Å². The van der Waals surface area contributed by atoms with E-state index in [2.05, 4.69) is 10.2 Å². The molecule has 2 N–H and O–H groups in total. The number of benzene rings is 2. The van der Waals surface area contributed by atoms with Gasteiger partial charge in [0.05, 0.1) is 6.04 Å². The SMILES string of the molecule is O=C(N[C@@H](c1ccccc1)c1cccc(OCc2ccc(C(=O)O)o2)c1)OC1CN2CCC1CC2. The molecule has 182 valence electrons. The highest BCUT2D eigenvalue weighted by molar-refractivity contribution is 5.84. The van der Waals surface area contributed by atoms with Crippen molar-refractivity contribution in [3.8, 4) is 5.75 Å². The molecule has 0 saturated carbocycles. The molecule has 1 amide bonds. The lowest BCUT2D eigenvalue weighted by Crippen LogP contribution is -2.52. The van der Waals surface area contributed by atoms with E-state index in [0.29, 0.717) is 17.4 Å². The first kappa shape index (κ1) is 23.0. The van der Waals surface area contributed by atoms with E-state index in [1.165, 1.54) is 6.07 Å². The van der Waals surface area contributed by atoms with Crippen molar-refractivity contribution in [1.82, 2.24) is 10.2 Å². The molecule has 3 aromatic rings. The molecule has 2 aromatic carbocycles. The van der Waals surface area contributed by atoms with Crippen molar-refractivity contribution in [3.63, 3.8) is 0 Å². The van der Waals surface area contributed by atoms with Crippen molar-refractivity contribution < 1.29 is 28.6 Å². The molecular weight excluding hydrogens is 448 g/mol. The number of hydrogen-bond donors (Lipinski definition) is 2. The highest BCUT2D eigenvalue weighted by atomic mass is 16.6. The van der Waals surface area contributed by atoms with Crippen LogP contribution in [-0.4, -0.2) is 47.8 Å². The molecule has 35 heavy (non-hydrogen) atoms. The van der Waals surface area contributed by atoms with Crippen LogP contribution in [-0.2, 0) is 11.3 Å². The van der Waals surface area contributed by atoms with Crippen molar-refractivity contribution in [2.24, 2.45) is 5.92 Å². The molecule has 0 spiro atoms. The van der Waals surface area contributed by atoms with Gasteiger partial charge in [0.2, 0.25) is 5.76 Å². The van der Waals surface area contributed by atoms with Gasteiger partial charge >= 0.3 is 12.1 Å². The Morgan fingerprint density at radius 1 is 1.03 bits per heavy atom. The van der Waals surface area contributed by atoms with E-state index < -0.39 is 18.1 Å². The Hall–Kier alpha value is -3.78. The van der Waals surface area contributed by atoms with Gasteiger partial charge in [-0.25, -0.2) is 9.59 Å². The van der Waals surface area contributed by atoms with Gasteiger partial charge in [-0.05, 0) is 67.2 Å². The molecular formula is C27H28N2O6. The summed E-state index contributed by atoms with van der Waals surface area (Å²) in [4.78, 5) is 26.3. The summed E-state index contributed by atoms with van der Waals surface area (Å²) in [7, 11) is 0. The predicted octanol–water partition coefficient (Wildman–Crippen LogP) is 4.47. The average Bonchev–Trinajstić information content (AvgIpc) is 3.37. The molecule has 1 aromatic heterocycles. The Morgan fingerprint density at radius 3 is 2.49 bits per heavy atom. The van der Waals surface area contributed by atoms with Gasteiger partial charge in [0.15, 0.2) is 0 Å². The summed E-state index contributed by atoms with van der Waals surface area (Å²) in [6.45, 7) is 3.05. The fourth-order valence-electron chi connectivity index (χ4n) is 4.85. The molecule has 8 heteroatoms. The van der Waals surface area contributed by atoms with Crippen LogP contribution in [0.1, 0.15) is 46.3 Å². The first-order chi connectivity index (χ1) is 17.0. The standard InChI is InChI=1S/C27H28N2O6/c30-26(31)23-10-9-22(34-23)17-33-21-8-4-7-20(15-21)25(19-5-2-1-3-6-19)28-27(32)35-24-16-29-13-11-18(24)12-14-29/h1-10,15,18,24-25H,11-14,16-17H2,(H,28,32)(H,30,31)/t24?,25-/m0/s1. The number of piperidine rings is 3. The Labute approximate surface area is 203 Å². The number of hydrogen-bond acceptors (Lipinski definition) is 6. The lowest BCUT2D eigenvalue weighted by Gasteiger charge is -2.43. The normalized spacial score (nSPS) is 21.8. The zero-order valence-electron chi connectivity index (χ0n) is 19.3. The van der Waals surface area contributed by atoms with Crippen molar-refractivity contribution in [2.75, 3.05) is 19.6 Å². The summed E-state index contributed by atoms with van der Waals surface area (Å²) >= 11 is 0. The Balaban J connectivity index is 1.29. The van der Waals surface area contributed by atoms with Gasteiger partial charge < -0.3 is 24.3 Å². The molecule has 0 radical (unpaired) electrons. The summed E-state index contributed by atoms with van der Waals surface area (Å²) in [6.07, 6.45) is 1.64. The van der Waals surface area contributed by atoms with E-state index in [4.69, 9.17) is 19.0 Å². The fraction of sp³-hybridized carbons (Fsp3) is 0.333. The summed E-state index contributed by atoms with van der Waals surface area (Å²) in [5.74, 6) is 0.157. The van der Waals surface area contributed by atoms with Crippen LogP contribution in [0.15, 0.2) is 71.1 Å². The number of aromatic carboxylic acids is 1. The number of carbonyl (C=O) groups excluding carboxylic acids is 1. The van der Waals surface area contributed by atoms with Crippen LogP contribution in [0, 0.1) is 5.92 Å². The van der Waals surface area contributed by atoms with Crippen LogP contribution in [0.4, 0.5) is 4.79 Å². The maximum absolute atomic E-state index is 13.0. The second-order valence-electron chi connectivity index (χ2n) is 9.00. The highest BCUT2D eigenvalue weighted by Gasteiger charge is 2.36. The Bertz CT molecular complexity index is 1170. The minimum atomic E-state index is -1.12. The van der Waals surface area contributed by atoms with Crippen molar-refractivity contribution >= 4 is 12.1 Å². The van der Waals surface area contributed by atoms with Crippen LogP contribution in [0.5, 0.6) is 5.75 Å². The summed E-state index contributed by atoms with van der Waals surface area (Å²) < 4.78 is 17.0. The monoisotopic (exact) mass is 476 g/mol. The molecule has 2 atom stereocenters. The van der Waals surface area contributed by atoms with E-state index in [-0.39, 0.29) is 18.5 Å². The number of furan rings is 1. The molecule has 0 aliphatic carbocycles. The maximum atomic E-state index is 13.0. The lowest BCUT2D eigenvalue weighted by atomic mass is 9.86. The molecule has 3 aliphatic rings. The number of nitrogens with one attached hydrogen (secondary N) is 1. The van der Waals surface area contributed by atoms with Crippen molar-refractivity contribution in [1.29, 1.82) is 0 Å². The van der Waals surface area contributed by atoms with Gasteiger partial charge in [-0.2, -0.15) is 0 Å². The van der Waals surface area contributed by atoms with Crippen LogP contribution in [0.3, 0.4) is 0 Å². The number of carboxylic acids is 1. The summed E-state index contributed by atoms with van der Waals surface area (Å²) in [5, 5.41) is 12.1. The molecule has 3 saturated heterocycles. The summed E-state index contributed by atoms with van der Waals surface area (Å²) in [6, 6.07) is 19.7. The van der Waals surface area contributed by atoms with Crippen LogP contribution >= 0.6 is 0 Å². The highest BCUT2D eigenvalue weighted by Crippen LogP contribution is 2.30. The van der Waals surface area contributed by atoms with Gasteiger partial charge in [-0.1, -0.05) is 42.5 Å². The number of ether oxygens (including phenoxy) is 2. The van der Waals surface area contributed by atoms with Gasteiger partial charge in [-0.15, -0.1) is 0 Å². The maximum Gasteiger partial charge on any atom is 0.408 e. The lowest BCUT2D eigenvalue weighted by molar-refractivity contribution is -0.0336. The van der Waals surface area contributed by atoms with Crippen LogP contribution in [0.2, 0.25) is 0 Å². The minimum Gasteiger partial charge on any atom is -0.486 e. The number of amides is 1. The molecule has 1 unspecified atom stereocenters. The number of fused-ring (bicyclic) bond motifs is 3. The molecule has 6 rings (SSSR count). The topological polar surface area (TPSA) is 101 Å². The minimum absolute atomic E-state index is 0.0763. The van der Waals surface area contributed by atoms with Gasteiger partial charge in [-0.3, -0.25) is 4.90 Å². The first-order valence-corrected chi connectivity index (χ1v) is 11.8. The average molecular weight is 477 g/mol. The van der Waals surface area contributed by atoms with E-state index >= 15 is 0 Å². The molecule has 3 fully saturated rings. The van der Waals surface area contributed by atoms with E-state index in [9.17, 15) is 9.59 Å². The van der Waals surface area contributed by atoms with Gasteiger partial charge in [0.25, 0.3) is 0 Å². The summed E-state index contributed by atoms with van der Waals surface area (Å²) in [5.41, 5.74) is 1.76. The van der Waals surface area contributed by atoms with Crippen LogP contribution < -0.4 is 10.1 Å². The van der Waals surface area contributed by atoms with E-state index in [1.807, 2.05) is 48.5 Å². The van der Waals surface area contributed by atoms with Crippen molar-refractivity contribution in [2.45, 2.75) is 31.6 Å².